The minimum atomic E-state index is 0.589. The summed E-state index contributed by atoms with van der Waals surface area (Å²) >= 11 is 7.55. The van der Waals surface area contributed by atoms with E-state index in [1.165, 1.54) is 9.79 Å². The van der Waals surface area contributed by atoms with Gasteiger partial charge in [-0.3, -0.25) is 0 Å². The highest BCUT2D eigenvalue weighted by Gasteiger charge is 1.97. The van der Waals surface area contributed by atoms with Crippen molar-refractivity contribution in [3.05, 3.63) is 59.1 Å². The molecule has 0 spiro atoms. The highest BCUT2D eigenvalue weighted by atomic mass is 35.5. The van der Waals surface area contributed by atoms with Crippen molar-refractivity contribution in [2.45, 2.75) is 16.3 Å². The Bertz CT molecular complexity index is 450. The smallest absolute Gasteiger partial charge is 0.0406 e. The molecular weight excluding hydrogens is 238 g/mol. The van der Waals surface area contributed by atoms with Gasteiger partial charge in [-0.2, -0.15) is 0 Å². The van der Waals surface area contributed by atoms with Gasteiger partial charge in [0, 0.05) is 21.4 Å². The third-order valence-electron chi connectivity index (χ3n) is 2.21. The van der Waals surface area contributed by atoms with Crippen molar-refractivity contribution < 1.29 is 0 Å². The monoisotopic (exact) mass is 249 g/mol. The van der Waals surface area contributed by atoms with Gasteiger partial charge in [-0.25, -0.2) is 0 Å². The number of benzene rings is 2. The van der Waals surface area contributed by atoms with Crippen molar-refractivity contribution in [2.75, 3.05) is 0 Å². The van der Waals surface area contributed by atoms with E-state index < -0.39 is 0 Å². The lowest BCUT2D eigenvalue weighted by molar-refractivity contribution is 1.07. The fraction of sp³-hybridized carbons (Fsp3) is 0.0769. The highest BCUT2D eigenvalue weighted by molar-refractivity contribution is 7.99. The van der Waals surface area contributed by atoms with Gasteiger partial charge in [0.2, 0.25) is 0 Å². The fourth-order valence-electron chi connectivity index (χ4n) is 1.33. The van der Waals surface area contributed by atoms with E-state index >= 15 is 0 Å². The maximum Gasteiger partial charge on any atom is 0.0406 e. The molecule has 0 aliphatic carbocycles. The molecule has 0 radical (unpaired) electrons. The largest absolute Gasteiger partial charge is 0.326 e. The Labute approximate surface area is 105 Å². The van der Waals surface area contributed by atoms with Gasteiger partial charge in [0.05, 0.1) is 0 Å². The molecule has 0 aliphatic rings. The van der Waals surface area contributed by atoms with Crippen LogP contribution in [0.1, 0.15) is 5.56 Å². The van der Waals surface area contributed by atoms with Gasteiger partial charge >= 0.3 is 0 Å². The molecule has 2 rings (SSSR count). The van der Waals surface area contributed by atoms with Crippen LogP contribution < -0.4 is 5.73 Å². The Kier molecular flexibility index (Phi) is 3.88. The summed E-state index contributed by atoms with van der Waals surface area (Å²) in [6.45, 7) is 0.589. The fourth-order valence-corrected chi connectivity index (χ4v) is 2.27. The lowest BCUT2D eigenvalue weighted by atomic mass is 10.2. The number of rotatable bonds is 3. The van der Waals surface area contributed by atoms with Crippen LogP contribution in [0.4, 0.5) is 0 Å². The van der Waals surface area contributed by atoms with Crippen LogP contribution in [-0.4, -0.2) is 0 Å². The van der Waals surface area contributed by atoms with Crippen LogP contribution in [0.3, 0.4) is 0 Å². The Hall–Kier alpha value is -0.960. The van der Waals surface area contributed by atoms with Crippen LogP contribution in [0.25, 0.3) is 0 Å². The quantitative estimate of drug-likeness (QED) is 0.892. The molecule has 0 unspecified atom stereocenters. The average Bonchev–Trinajstić information content (AvgIpc) is 2.33. The number of hydrogen-bond donors (Lipinski definition) is 1. The van der Waals surface area contributed by atoms with Gasteiger partial charge < -0.3 is 5.73 Å². The number of halogens is 1. The molecule has 0 saturated heterocycles. The summed E-state index contributed by atoms with van der Waals surface area (Å²) in [5.74, 6) is 0. The molecule has 0 bridgehead atoms. The predicted octanol–water partition coefficient (Wildman–Crippen LogP) is 3.95. The average molecular weight is 250 g/mol. The van der Waals surface area contributed by atoms with Crippen LogP contribution in [0.2, 0.25) is 5.02 Å². The topological polar surface area (TPSA) is 26.0 Å². The maximum atomic E-state index is 5.83. The summed E-state index contributed by atoms with van der Waals surface area (Å²) in [6, 6.07) is 16.1. The summed E-state index contributed by atoms with van der Waals surface area (Å²) in [6.07, 6.45) is 0. The zero-order valence-electron chi connectivity index (χ0n) is 8.69. The molecule has 16 heavy (non-hydrogen) atoms. The summed E-state index contributed by atoms with van der Waals surface area (Å²) in [5.41, 5.74) is 6.70. The van der Waals surface area contributed by atoms with Gasteiger partial charge in [0.15, 0.2) is 0 Å². The second-order valence-corrected chi connectivity index (χ2v) is 4.99. The predicted molar refractivity (Wildman–Crippen MR) is 69.9 cm³/mol. The summed E-state index contributed by atoms with van der Waals surface area (Å²) in [7, 11) is 0. The van der Waals surface area contributed by atoms with E-state index in [-0.39, 0.29) is 0 Å². The Balaban J connectivity index is 2.11. The molecule has 0 heterocycles. The molecule has 0 atom stereocenters. The zero-order valence-corrected chi connectivity index (χ0v) is 10.3. The van der Waals surface area contributed by atoms with Crippen molar-refractivity contribution in [1.82, 2.24) is 0 Å². The van der Waals surface area contributed by atoms with E-state index in [9.17, 15) is 0 Å². The minimum Gasteiger partial charge on any atom is -0.326 e. The second-order valence-electron chi connectivity index (χ2n) is 3.40. The molecule has 0 fully saturated rings. The minimum absolute atomic E-state index is 0.589. The van der Waals surface area contributed by atoms with Crippen LogP contribution >= 0.6 is 23.4 Å². The molecule has 0 saturated carbocycles. The summed E-state index contributed by atoms with van der Waals surface area (Å²) < 4.78 is 0. The molecule has 2 N–H and O–H groups in total. The first-order valence-corrected chi connectivity index (χ1v) is 6.20. The van der Waals surface area contributed by atoms with Gasteiger partial charge in [-0.1, -0.05) is 35.5 Å². The molecular formula is C13H12ClNS. The first-order chi connectivity index (χ1) is 7.78. The molecule has 0 amide bonds. The van der Waals surface area contributed by atoms with Crippen LogP contribution in [0.5, 0.6) is 0 Å². The molecule has 1 nitrogen and oxygen atoms in total. The SMILES string of the molecule is NCc1ccc(Sc2ccc(Cl)cc2)cc1. The Morgan fingerprint density at radius 3 is 1.88 bits per heavy atom. The standard InChI is InChI=1S/C13H12ClNS/c14-11-3-7-13(8-4-11)16-12-5-1-10(9-15)2-6-12/h1-8H,9,15H2. The van der Waals surface area contributed by atoms with Gasteiger partial charge in [-0.15, -0.1) is 0 Å². The third-order valence-corrected chi connectivity index (χ3v) is 3.48. The lowest BCUT2D eigenvalue weighted by Crippen LogP contribution is -1.94. The Morgan fingerprint density at radius 1 is 0.875 bits per heavy atom. The first-order valence-electron chi connectivity index (χ1n) is 5.00. The molecule has 0 aromatic heterocycles. The van der Waals surface area contributed by atoms with Crippen molar-refractivity contribution in [3.8, 4) is 0 Å². The van der Waals surface area contributed by atoms with E-state index in [2.05, 4.69) is 24.3 Å². The normalized spacial score (nSPS) is 10.4. The van der Waals surface area contributed by atoms with Gasteiger partial charge in [0.1, 0.15) is 0 Å². The summed E-state index contributed by atoms with van der Waals surface area (Å²) in [5, 5.41) is 0.767. The van der Waals surface area contributed by atoms with Gasteiger partial charge in [-0.05, 0) is 42.0 Å². The first kappa shape index (κ1) is 11.5. The van der Waals surface area contributed by atoms with Crippen LogP contribution in [0.15, 0.2) is 58.3 Å². The van der Waals surface area contributed by atoms with Crippen molar-refractivity contribution in [3.63, 3.8) is 0 Å². The van der Waals surface area contributed by atoms with Crippen LogP contribution in [-0.2, 0) is 6.54 Å². The highest BCUT2D eigenvalue weighted by Crippen LogP contribution is 2.28. The van der Waals surface area contributed by atoms with E-state index in [4.69, 9.17) is 17.3 Å². The molecule has 82 valence electrons. The van der Waals surface area contributed by atoms with Crippen LogP contribution in [0, 0.1) is 0 Å². The molecule has 2 aromatic carbocycles. The van der Waals surface area contributed by atoms with E-state index in [0.717, 1.165) is 10.6 Å². The van der Waals surface area contributed by atoms with E-state index in [1.807, 2.05) is 24.3 Å². The second kappa shape index (κ2) is 5.39. The summed E-state index contributed by atoms with van der Waals surface area (Å²) in [4.78, 5) is 2.39. The van der Waals surface area contributed by atoms with Crippen molar-refractivity contribution >= 4 is 23.4 Å². The molecule has 2 aromatic rings. The Morgan fingerprint density at radius 2 is 1.38 bits per heavy atom. The number of hydrogen-bond acceptors (Lipinski definition) is 2. The van der Waals surface area contributed by atoms with Crippen molar-refractivity contribution in [1.29, 1.82) is 0 Å². The third kappa shape index (κ3) is 3.01. The van der Waals surface area contributed by atoms with Crippen molar-refractivity contribution in [2.24, 2.45) is 5.73 Å². The molecule has 0 aliphatic heterocycles. The van der Waals surface area contributed by atoms with E-state index in [0.29, 0.717) is 6.54 Å². The lowest BCUT2D eigenvalue weighted by Gasteiger charge is -2.02. The van der Waals surface area contributed by atoms with Gasteiger partial charge in [0.25, 0.3) is 0 Å². The zero-order chi connectivity index (χ0) is 11.4. The van der Waals surface area contributed by atoms with E-state index in [1.54, 1.807) is 11.8 Å². The molecule has 3 heteroatoms. The number of nitrogens with two attached hydrogens (primary N) is 1. The maximum absolute atomic E-state index is 5.83.